The zero-order valence-electron chi connectivity index (χ0n) is 12.5. The summed E-state index contributed by atoms with van der Waals surface area (Å²) in [4.78, 5) is 14.2. The molecule has 1 aromatic rings. The van der Waals surface area contributed by atoms with Crippen molar-refractivity contribution in [1.29, 1.82) is 0 Å². The number of nitrogens with two attached hydrogens (primary N) is 1. The molecule has 1 saturated heterocycles. The van der Waals surface area contributed by atoms with Gasteiger partial charge in [-0.05, 0) is 12.2 Å². The van der Waals surface area contributed by atoms with Crippen LogP contribution in [-0.2, 0) is 20.3 Å². The summed E-state index contributed by atoms with van der Waals surface area (Å²) in [6, 6.07) is 0. The summed E-state index contributed by atoms with van der Waals surface area (Å²) in [5.74, 6) is -0.833. The molecule has 0 aliphatic carbocycles. The van der Waals surface area contributed by atoms with Crippen LogP contribution in [0.5, 0.6) is 0 Å². The number of nitrogens with one attached hydrogen (secondary N) is 1. The summed E-state index contributed by atoms with van der Waals surface area (Å²) in [5.41, 5.74) is 4.45. The van der Waals surface area contributed by atoms with Crippen molar-refractivity contribution in [3.63, 3.8) is 0 Å². The lowest BCUT2D eigenvalue weighted by molar-refractivity contribution is -0.0542. The first-order chi connectivity index (χ1) is 11.2. The van der Waals surface area contributed by atoms with Crippen LogP contribution in [0.15, 0.2) is 11.0 Å². The first-order valence-electron chi connectivity index (χ1n) is 7.07. The van der Waals surface area contributed by atoms with Gasteiger partial charge in [-0.2, -0.15) is 0 Å². The SMILES string of the molecule is NCCS(=O)(=O)Cc1cn([C@@H]2O[C@H](CO)[C@@H](O)[C@H]2O)c(=S)[nH]c1=O. The second-order valence-electron chi connectivity index (χ2n) is 5.43. The molecule has 136 valence electrons. The molecule has 0 bridgehead atoms. The molecule has 1 aliphatic rings. The number of aliphatic hydroxyl groups excluding tert-OH is 3. The Bertz CT molecular complexity index is 804. The molecule has 4 atom stereocenters. The van der Waals surface area contributed by atoms with Crippen molar-refractivity contribution in [2.45, 2.75) is 30.3 Å². The number of ether oxygens (including phenoxy) is 1. The fourth-order valence-electron chi connectivity index (χ4n) is 2.42. The highest BCUT2D eigenvalue weighted by Gasteiger charge is 2.43. The van der Waals surface area contributed by atoms with Crippen LogP contribution in [0, 0.1) is 4.77 Å². The Balaban J connectivity index is 2.41. The summed E-state index contributed by atoms with van der Waals surface area (Å²) >= 11 is 5.00. The summed E-state index contributed by atoms with van der Waals surface area (Å²) in [7, 11) is -3.59. The van der Waals surface area contributed by atoms with E-state index in [1.54, 1.807) is 0 Å². The molecule has 0 saturated carbocycles. The topological polar surface area (TPSA) is 168 Å². The minimum Gasteiger partial charge on any atom is -0.394 e. The van der Waals surface area contributed by atoms with E-state index < -0.39 is 52.3 Å². The van der Waals surface area contributed by atoms with E-state index in [4.69, 9.17) is 27.8 Å². The van der Waals surface area contributed by atoms with Gasteiger partial charge in [0.25, 0.3) is 5.56 Å². The third kappa shape index (κ3) is 3.91. The van der Waals surface area contributed by atoms with Crippen LogP contribution >= 0.6 is 12.2 Å². The van der Waals surface area contributed by atoms with E-state index in [1.165, 1.54) is 0 Å². The van der Waals surface area contributed by atoms with Gasteiger partial charge in [0.2, 0.25) is 0 Å². The summed E-state index contributed by atoms with van der Waals surface area (Å²) < 4.78 is 30.1. The van der Waals surface area contributed by atoms with Crippen molar-refractivity contribution in [2.75, 3.05) is 18.9 Å². The highest BCUT2D eigenvalue weighted by atomic mass is 32.2. The fourth-order valence-corrected chi connectivity index (χ4v) is 3.85. The highest BCUT2D eigenvalue weighted by molar-refractivity contribution is 7.90. The average molecular weight is 381 g/mol. The van der Waals surface area contributed by atoms with E-state index >= 15 is 0 Å². The van der Waals surface area contributed by atoms with Crippen molar-refractivity contribution >= 4 is 22.1 Å². The smallest absolute Gasteiger partial charge is 0.255 e. The van der Waals surface area contributed by atoms with Gasteiger partial charge in [0.15, 0.2) is 20.8 Å². The molecule has 2 heterocycles. The van der Waals surface area contributed by atoms with Crippen molar-refractivity contribution < 1.29 is 28.5 Å². The summed E-state index contributed by atoms with van der Waals surface area (Å²) in [5, 5.41) is 28.9. The van der Waals surface area contributed by atoms with Crippen LogP contribution in [0.3, 0.4) is 0 Å². The minimum absolute atomic E-state index is 0.0752. The van der Waals surface area contributed by atoms with E-state index in [1.807, 2.05) is 0 Å². The van der Waals surface area contributed by atoms with Crippen LogP contribution in [0.25, 0.3) is 0 Å². The number of hydrogen-bond donors (Lipinski definition) is 5. The molecular formula is C12H19N3O7S2. The number of aliphatic hydroxyl groups is 3. The van der Waals surface area contributed by atoms with Crippen molar-refractivity contribution in [2.24, 2.45) is 5.73 Å². The maximum Gasteiger partial charge on any atom is 0.255 e. The lowest BCUT2D eigenvalue weighted by Gasteiger charge is -2.19. The number of nitrogens with zero attached hydrogens (tertiary/aromatic N) is 1. The number of H-pyrrole nitrogens is 1. The molecule has 12 heteroatoms. The maximum atomic E-state index is 11.9. The van der Waals surface area contributed by atoms with Crippen LogP contribution in [0.4, 0.5) is 0 Å². The molecule has 1 aliphatic heterocycles. The molecule has 1 fully saturated rings. The fraction of sp³-hybridized carbons (Fsp3) is 0.667. The molecule has 0 amide bonds. The first kappa shape index (κ1) is 19.2. The molecule has 24 heavy (non-hydrogen) atoms. The van der Waals surface area contributed by atoms with Gasteiger partial charge in [0, 0.05) is 18.3 Å². The van der Waals surface area contributed by atoms with E-state index in [0.29, 0.717) is 0 Å². The largest absolute Gasteiger partial charge is 0.394 e. The lowest BCUT2D eigenvalue weighted by Crippen LogP contribution is -2.33. The van der Waals surface area contributed by atoms with Gasteiger partial charge in [-0.25, -0.2) is 8.42 Å². The highest BCUT2D eigenvalue weighted by Crippen LogP contribution is 2.29. The Hall–Kier alpha value is -1.15. The Morgan fingerprint density at radius 3 is 2.58 bits per heavy atom. The van der Waals surface area contributed by atoms with E-state index in [2.05, 4.69) is 4.98 Å². The number of rotatable bonds is 6. The van der Waals surface area contributed by atoms with Gasteiger partial charge in [0.05, 0.1) is 18.1 Å². The van der Waals surface area contributed by atoms with E-state index in [9.17, 15) is 23.4 Å². The van der Waals surface area contributed by atoms with Crippen molar-refractivity contribution in [1.82, 2.24) is 9.55 Å². The molecule has 6 N–H and O–H groups in total. The number of aromatic nitrogens is 2. The third-order valence-corrected chi connectivity index (χ3v) is 5.56. The second kappa shape index (κ2) is 7.39. The van der Waals surface area contributed by atoms with Gasteiger partial charge < -0.3 is 25.8 Å². The lowest BCUT2D eigenvalue weighted by atomic mass is 10.1. The molecule has 0 radical (unpaired) electrons. The summed E-state index contributed by atoms with van der Waals surface area (Å²) in [6.45, 7) is -0.600. The maximum absolute atomic E-state index is 11.9. The van der Waals surface area contributed by atoms with Crippen molar-refractivity contribution in [3.8, 4) is 0 Å². The standard InChI is InChI=1S/C12H19N3O7S2/c13-1-2-24(20,21)5-6-3-15(12(23)14-10(6)19)11-9(18)8(17)7(4-16)22-11/h3,7-9,11,16-18H,1-2,4-5,13H2,(H,14,19,23)/t7-,8-,9-,11-/m1/s1. The second-order valence-corrected chi connectivity index (χ2v) is 8.00. The van der Waals surface area contributed by atoms with E-state index in [0.717, 1.165) is 10.8 Å². The minimum atomic E-state index is -3.59. The van der Waals surface area contributed by atoms with E-state index in [-0.39, 0.29) is 22.6 Å². The molecule has 2 rings (SSSR count). The van der Waals surface area contributed by atoms with Gasteiger partial charge in [0.1, 0.15) is 18.3 Å². The van der Waals surface area contributed by atoms with Gasteiger partial charge in [-0.1, -0.05) is 0 Å². The predicted octanol–water partition coefficient (Wildman–Crippen LogP) is -2.61. The van der Waals surface area contributed by atoms with Gasteiger partial charge >= 0.3 is 0 Å². The summed E-state index contributed by atoms with van der Waals surface area (Å²) in [6.07, 6.45) is -3.79. The first-order valence-corrected chi connectivity index (χ1v) is 9.30. The van der Waals surface area contributed by atoms with Crippen LogP contribution in [0.1, 0.15) is 11.8 Å². The molecule has 1 aromatic heterocycles. The van der Waals surface area contributed by atoms with Crippen molar-refractivity contribution in [3.05, 3.63) is 26.9 Å². The van der Waals surface area contributed by atoms with Crippen LogP contribution < -0.4 is 11.3 Å². The van der Waals surface area contributed by atoms with Crippen LogP contribution in [-0.4, -0.2) is 70.5 Å². The Kier molecular flexibility index (Phi) is 5.91. The Morgan fingerprint density at radius 1 is 1.38 bits per heavy atom. The Morgan fingerprint density at radius 2 is 2.04 bits per heavy atom. The Labute approximate surface area is 142 Å². The molecule has 10 nitrogen and oxygen atoms in total. The number of sulfone groups is 1. The monoisotopic (exact) mass is 381 g/mol. The molecule has 0 spiro atoms. The molecule has 0 unspecified atom stereocenters. The molecular weight excluding hydrogens is 362 g/mol. The number of aromatic amines is 1. The zero-order chi connectivity index (χ0) is 18.1. The molecule has 0 aromatic carbocycles. The quantitative estimate of drug-likeness (QED) is 0.332. The van der Waals surface area contributed by atoms with Gasteiger partial charge in [-0.3, -0.25) is 14.3 Å². The van der Waals surface area contributed by atoms with Crippen LogP contribution in [0.2, 0.25) is 0 Å². The van der Waals surface area contributed by atoms with Gasteiger partial charge in [-0.15, -0.1) is 0 Å². The number of hydrogen-bond acceptors (Lipinski definition) is 9. The normalized spacial score (nSPS) is 27.5. The predicted molar refractivity (Wildman–Crippen MR) is 85.4 cm³/mol. The average Bonchev–Trinajstić information content (AvgIpc) is 2.77. The third-order valence-electron chi connectivity index (χ3n) is 3.64. The zero-order valence-corrected chi connectivity index (χ0v) is 14.2.